The molecule has 0 aromatic carbocycles. The fourth-order valence-corrected chi connectivity index (χ4v) is 5.52. The molecule has 0 aliphatic carbocycles. The lowest BCUT2D eigenvalue weighted by Gasteiger charge is -2.40. The molecule has 2 saturated heterocycles. The molecule has 0 atom stereocenters. The molecule has 0 aromatic heterocycles. The maximum atomic E-state index is 12.9. The van der Waals surface area contributed by atoms with E-state index in [0.29, 0.717) is 65.2 Å². The molecule has 0 aromatic rings. The first-order valence-corrected chi connectivity index (χ1v) is 11.8. The van der Waals surface area contributed by atoms with Crippen molar-refractivity contribution in [2.45, 2.75) is 47.5 Å². The molecule has 2 aliphatic rings. The van der Waals surface area contributed by atoms with Gasteiger partial charge in [-0.2, -0.15) is 17.0 Å². The van der Waals surface area contributed by atoms with E-state index in [1.165, 1.54) is 8.61 Å². The third kappa shape index (κ3) is 5.04. The zero-order valence-corrected chi connectivity index (χ0v) is 18.8. The van der Waals surface area contributed by atoms with E-state index in [4.69, 9.17) is 0 Å². The Balaban J connectivity index is 1.87. The van der Waals surface area contributed by atoms with Gasteiger partial charge in [0.1, 0.15) is 0 Å². The smallest absolute Gasteiger partial charge is 0.282 e. The molecule has 0 radical (unpaired) electrons. The van der Waals surface area contributed by atoms with Gasteiger partial charge >= 0.3 is 0 Å². The summed E-state index contributed by atoms with van der Waals surface area (Å²) in [6, 6.07) is 0. The first-order valence-electron chi connectivity index (χ1n) is 10.4. The van der Waals surface area contributed by atoms with Crippen molar-refractivity contribution in [1.82, 2.24) is 18.4 Å². The number of carbonyl (C=O) groups is 2. The van der Waals surface area contributed by atoms with Crippen LogP contribution in [0.5, 0.6) is 0 Å². The molecule has 0 spiro atoms. The fraction of sp³-hybridized carbons (Fsp3) is 0.895. The van der Waals surface area contributed by atoms with Gasteiger partial charge < -0.3 is 9.80 Å². The van der Waals surface area contributed by atoms with E-state index < -0.39 is 15.6 Å². The van der Waals surface area contributed by atoms with E-state index >= 15 is 0 Å². The Morgan fingerprint density at radius 3 is 1.82 bits per heavy atom. The summed E-state index contributed by atoms with van der Waals surface area (Å²) < 4.78 is 28.2. The molecule has 2 heterocycles. The summed E-state index contributed by atoms with van der Waals surface area (Å²) in [6.45, 7) is 13.1. The molecule has 162 valence electrons. The predicted molar refractivity (Wildman–Crippen MR) is 109 cm³/mol. The molecule has 2 aliphatic heterocycles. The van der Waals surface area contributed by atoms with Crippen LogP contribution in [0.1, 0.15) is 47.5 Å². The highest BCUT2D eigenvalue weighted by Gasteiger charge is 2.36. The van der Waals surface area contributed by atoms with Gasteiger partial charge in [0.25, 0.3) is 10.2 Å². The van der Waals surface area contributed by atoms with Crippen LogP contribution < -0.4 is 0 Å². The number of hydrogen-bond donors (Lipinski definition) is 0. The molecule has 0 saturated carbocycles. The van der Waals surface area contributed by atoms with Crippen molar-refractivity contribution in [3.05, 3.63) is 0 Å². The lowest BCUT2D eigenvalue weighted by atomic mass is 9.90. The molecule has 0 bridgehead atoms. The van der Waals surface area contributed by atoms with Crippen molar-refractivity contribution in [2.75, 3.05) is 52.4 Å². The Bertz CT molecular complexity index is 654. The minimum Gasteiger partial charge on any atom is -0.342 e. The SMILES string of the molecule is CCN(CC)S(=O)(=O)N1CCN(C(=O)C2CCN(C(=O)C(C)(C)C)CC2)CC1. The molecular formula is C19H36N4O4S. The van der Waals surface area contributed by atoms with E-state index in [0.717, 1.165) is 0 Å². The van der Waals surface area contributed by atoms with Crippen LogP contribution in [-0.4, -0.2) is 91.0 Å². The largest absolute Gasteiger partial charge is 0.342 e. The summed E-state index contributed by atoms with van der Waals surface area (Å²) in [5.74, 6) is 0.159. The summed E-state index contributed by atoms with van der Waals surface area (Å²) in [7, 11) is -3.44. The monoisotopic (exact) mass is 416 g/mol. The second-order valence-corrected chi connectivity index (χ2v) is 10.6. The predicted octanol–water partition coefficient (Wildman–Crippen LogP) is 1.00. The lowest BCUT2D eigenvalue weighted by Crippen LogP contribution is -2.55. The summed E-state index contributed by atoms with van der Waals surface area (Å²) in [5, 5.41) is 0. The standard InChI is InChI=1S/C19H36N4O4S/c1-6-22(7-2)28(26,27)23-14-12-20(13-15-23)17(24)16-8-10-21(11-9-16)18(25)19(3,4)5/h16H,6-15H2,1-5H3. The van der Waals surface area contributed by atoms with E-state index in [1.54, 1.807) is 4.90 Å². The number of carbonyl (C=O) groups excluding carboxylic acids is 2. The van der Waals surface area contributed by atoms with Crippen LogP contribution in [0.3, 0.4) is 0 Å². The highest BCUT2D eigenvalue weighted by molar-refractivity contribution is 7.86. The van der Waals surface area contributed by atoms with Gasteiger partial charge in [0.05, 0.1) is 0 Å². The molecule has 2 amide bonds. The van der Waals surface area contributed by atoms with Crippen molar-refractivity contribution in [1.29, 1.82) is 0 Å². The molecular weight excluding hydrogens is 380 g/mol. The molecule has 2 rings (SSSR count). The van der Waals surface area contributed by atoms with Crippen LogP contribution in [0.4, 0.5) is 0 Å². The Kier molecular flexibility index (Phi) is 7.50. The maximum absolute atomic E-state index is 12.9. The number of hydrogen-bond acceptors (Lipinski definition) is 4. The normalized spacial score (nSPS) is 20.6. The highest BCUT2D eigenvalue weighted by Crippen LogP contribution is 2.25. The van der Waals surface area contributed by atoms with Gasteiger partial charge in [-0.3, -0.25) is 9.59 Å². The van der Waals surface area contributed by atoms with Crippen LogP contribution in [0.25, 0.3) is 0 Å². The Labute approximate surface area is 170 Å². The second-order valence-electron chi connectivity index (χ2n) is 8.63. The quantitative estimate of drug-likeness (QED) is 0.670. The van der Waals surface area contributed by atoms with Gasteiger partial charge in [-0.25, -0.2) is 0 Å². The average molecular weight is 417 g/mol. The van der Waals surface area contributed by atoms with Crippen molar-refractivity contribution in [3.8, 4) is 0 Å². The molecule has 0 N–H and O–H groups in total. The van der Waals surface area contributed by atoms with E-state index in [-0.39, 0.29) is 17.7 Å². The van der Waals surface area contributed by atoms with Crippen LogP contribution >= 0.6 is 0 Å². The summed E-state index contributed by atoms with van der Waals surface area (Å²) in [4.78, 5) is 28.9. The molecule has 0 unspecified atom stereocenters. The molecule has 8 nitrogen and oxygen atoms in total. The van der Waals surface area contributed by atoms with Crippen molar-refractivity contribution >= 4 is 22.0 Å². The minimum absolute atomic E-state index is 0.0741. The zero-order valence-electron chi connectivity index (χ0n) is 18.0. The third-order valence-corrected chi connectivity index (χ3v) is 7.87. The lowest BCUT2D eigenvalue weighted by molar-refractivity contribution is -0.145. The Morgan fingerprint density at radius 2 is 1.39 bits per heavy atom. The van der Waals surface area contributed by atoms with Gasteiger partial charge in [-0.05, 0) is 12.8 Å². The van der Waals surface area contributed by atoms with Crippen LogP contribution in [0.15, 0.2) is 0 Å². The molecule has 2 fully saturated rings. The summed E-state index contributed by atoms with van der Waals surface area (Å²) in [6.07, 6.45) is 1.36. The minimum atomic E-state index is -3.44. The van der Waals surface area contributed by atoms with Crippen LogP contribution in [0, 0.1) is 11.3 Å². The average Bonchev–Trinajstić information content (AvgIpc) is 2.67. The van der Waals surface area contributed by atoms with Gasteiger partial charge in [0.2, 0.25) is 11.8 Å². The third-order valence-electron chi connectivity index (χ3n) is 5.68. The first kappa shape index (κ1) is 23.1. The summed E-state index contributed by atoms with van der Waals surface area (Å²) in [5.41, 5.74) is -0.399. The van der Waals surface area contributed by atoms with Crippen LogP contribution in [0.2, 0.25) is 0 Å². The number of piperidine rings is 1. The van der Waals surface area contributed by atoms with E-state index in [2.05, 4.69) is 0 Å². The Morgan fingerprint density at radius 1 is 0.893 bits per heavy atom. The van der Waals surface area contributed by atoms with Crippen molar-refractivity contribution in [3.63, 3.8) is 0 Å². The maximum Gasteiger partial charge on any atom is 0.282 e. The van der Waals surface area contributed by atoms with E-state index in [9.17, 15) is 18.0 Å². The number of nitrogens with zero attached hydrogens (tertiary/aromatic N) is 4. The first-order chi connectivity index (χ1) is 13.0. The topological polar surface area (TPSA) is 81.2 Å². The highest BCUT2D eigenvalue weighted by atomic mass is 32.2. The zero-order chi connectivity index (χ0) is 21.1. The van der Waals surface area contributed by atoms with Crippen molar-refractivity contribution < 1.29 is 18.0 Å². The van der Waals surface area contributed by atoms with Gasteiger partial charge in [0.15, 0.2) is 0 Å². The second kappa shape index (κ2) is 9.09. The fourth-order valence-electron chi connectivity index (χ4n) is 3.91. The van der Waals surface area contributed by atoms with Crippen molar-refractivity contribution in [2.24, 2.45) is 11.3 Å². The molecule has 28 heavy (non-hydrogen) atoms. The molecule has 9 heteroatoms. The summed E-state index contributed by atoms with van der Waals surface area (Å²) >= 11 is 0. The number of piperazine rings is 1. The number of rotatable bonds is 5. The van der Waals surface area contributed by atoms with Gasteiger partial charge in [-0.1, -0.05) is 34.6 Å². The Hall–Kier alpha value is -1.19. The number of likely N-dealkylation sites (tertiary alicyclic amines) is 1. The van der Waals surface area contributed by atoms with Gasteiger partial charge in [-0.15, -0.1) is 0 Å². The van der Waals surface area contributed by atoms with Gasteiger partial charge in [0, 0.05) is 63.7 Å². The number of amides is 2. The van der Waals surface area contributed by atoms with Crippen LogP contribution in [-0.2, 0) is 19.8 Å². The van der Waals surface area contributed by atoms with E-state index in [1.807, 2.05) is 39.5 Å².